The summed E-state index contributed by atoms with van der Waals surface area (Å²) in [5.74, 6) is 0.184. The van der Waals surface area contributed by atoms with Crippen molar-refractivity contribution in [3.63, 3.8) is 0 Å². The molecule has 1 aliphatic heterocycles. The predicted molar refractivity (Wildman–Crippen MR) is 283 cm³/mol. The predicted octanol–water partition coefficient (Wildman–Crippen LogP) is 14.2. The minimum atomic E-state index is -1.42. The van der Waals surface area contributed by atoms with Gasteiger partial charge in [-0.25, -0.2) is 4.79 Å². The Balaban J connectivity index is 1.33. The van der Waals surface area contributed by atoms with Gasteiger partial charge in [-0.3, -0.25) is 4.90 Å². The molecule has 7 rings (SSSR count). The fraction of sp³-hybridized carbons (Fsp3) is 0.525. The molecule has 1 heterocycles. The van der Waals surface area contributed by atoms with Crippen LogP contribution in [0.5, 0.6) is 17.2 Å². The second kappa shape index (κ2) is 27.1. The molecular weight excluding hydrogens is 897 g/mol. The Morgan fingerprint density at radius 3 is 2.27 bits per heavy atom. The Morgan fingerprint density at radius 2 is 1.56 bits per heavy atom. The molecule has 2 N–H and O–H groups in total. The number of fused-ring (bicyclic) bond motifs is 3. The Morgan fingerprint density at radius 1 is 0.857 bits per heavy atom. The number of aliphatic hydroxyl groups excluding tert-OH is 2. The maximum absolute atomic E-state index is 15.2. The molecule has 1 amide bonds. The lowest BCUT2D eigenvalue weighted by Crippen LogP contribution is -2.70. The van der Waals surface area contributed by atoms with Crippen molar-refractivity contribution in [3.05, 3.63) is 120 Å². The van der Waals surface area contributed by atoms with Crippen molar-refractivity contribution in [2.75, 3.05) is 39.8 Å². The van der Waals surface area contributed by atoms with Crippen LogP contribution in [0, 0.1) is 17.8 Å². The number of oxime groups is 1. The number of thioether (sulfide) groups is 1. The van der Waals surface area contributed by atoms with Crippen molar-refractivity contribution in [1.82, 2.24) is 4.90 Å². The van der Waals surface area contributed by atoms with Crippen LogP contribution in [0.3, 0.4) is 0 Å². The van der Waals surface area contributed by atoms with Crippen LogP contribution in [0.25, 0.3) is 10.8 Å². The number of carbonyl (C=O) groups is 1. The Labute approximate surface area is 421 Å². The molecule has 378 valence electrons. The number of hydrogen-bond donors (Lipinski definition) is 2. The summed E-state index contributed by atoms with van der Waals surface area (Å²) in [6, 6.07) is 28.0. The van der Waals surface area contributed by atoms with Gasteiger partial charge in [-0.2, -0.15) is 0 Å². The maximum atomic E-state index is 15.2. The van der Waals surface area contributed by atoms with Crippen LogP contribution < -0.4 is 9.47 Å². The maximum Gasteiger partial charge on any atom is 0.410 e. The lowest BCUT2D eigenvalue weighted by Gasteiger charge is -2.59. The molecule has 11 heteroatoms. The number of amides is 1. The number of hydrogen-bond acceptors (Lipinski definition) is 10. The van der Waals surface area contributed by atoms with Crippen LogP contribution in [0.15, 0.2) is 119 Å². The molecular formula is C59H78N2O8S. The molecule has 0 spiro atoms. The zero-order valence-electron chi connectivity index (χ0n) is 42.0. The van der Waals surface area contributed by atoms with E-state index in [0.29, 0.717) is 30.9 Å². The van der Waals surface area contributed by atoms with Crippen molar-refractivity contribution >= 4 is 34.3 Å². The average molecular weight is 975 g/mol. The molecule has 10 nitrogen and oxygen atoms in total. The second-order valence-corrected chi connectivity index (χ2v) is 20.2. The van der Waals surface area contributed by atoms with Gasteiger partial charge in [0.05, 0.1) is 31.4 Å². The molecule has 0 saturated heterocycles. The number of rotatable bonds is 29. The monoisotopic (exact) mass is 975 g/mol. The molecule has 4 aromatic rings. The van der Waals surface area contributed by atoms with Gasteiger partial charge < -0.3 is 34.0 Å². The first kappa shape index (κ1) is 53.0. The fourth-order valence-electron chi connectivity index (χ4n) is 11.3. The lowest BCUT2D eigenvalue weighted by atomic mass is 9.55. The summed E-state index contributed by atoms with van der Waals surface area (Å²) >= 11 is 1.69. The van der Waals surface area contributed by atoms with Gasteiger partial charge >= 0.3 is 6.09 Å². The highest BCUT2D eigenvalue weighted by molar-refractivity contribution is 7.98. The molecule has 0 bridgehead atoms. The molecule has 6 atom stereocenters. The van der Waals surface area contributed by atoms with Crippen molar-refractivity contribution in [3.8, 4) is 17.2 Å². The lowest BCUT2D eigenvalue weighted by molar-refractivity contribution is -0.256. The van der Waals surface area contributed by atoms with Gasteiger partial charge in [0.15, 0.2) is 0 Å². The first-order valence-corrected chi connectivity index (χ1v) is 27.5. The standard InChI is InChI=1S/C59H78N2O8S/c1-5-7-8-9-10-11-12-13-14-21-38-66-58(64)61(42-45-26-22-25-43-23-15-16-27-49(43)45)55-41-53(60-65-3)51-39-44(24-17-19-35-62)50(28-18-20-36-63)56-52-40-47(68-46-29-32-48(70-4)33-30-46)31-34-54(52)69-59(55,57(51)56)67-37-6-2/h6,15-16,22-23,25-27,29-34,39-40,44,50,55-57,62-63H,2,5,7-14,17-21,24,28,35-38,41-42H2,1,3-4H3. The summed E-state index contributed by atoms with van der Waals surface area (Å²) < 4.78 is 27.7. The van der Waals surface area contributed by atoms with Crippen LogP contribution in [0.4, 0.5) is 4.79 Å². The number of nitrogens with zero attached hydrogens (tertiary/aromatic N) is 2. The highest BCUT2D eigenvalue weighted by atomic mass is 32.2. The quantitative estimate of drug-likeness (QED) is 0.0237. The van der Waals surface area contributed by atoms with E-state index in [4.69, 9.17) is 28.9 Å². The molecule has 4 aromatic carbocycles. The van der Waals surface area contributed by atoms with Gasteiger partial charge in [-0.15, -0.1) is 18.3 Å². The first-order chi connectivity index (χ1) is 34.4. The average Bonchev–Trinajstić information content (AvgIpc) is 3.38. The minimum Gasteiger partial charge on any atom is -0.459 e. The number of carbonyl (C=O) groups excluding carboxylic acids is 1. The Kier molecular flexibility index (Phi) is 20.5. The van der Waals surface area contributed by atoms with E-state index in [-0.39, 0.29) is 50.5 Å². The van der Waals surface area contributed by atoms with Gasteiger partial charge in [0, 0.05) is 36.0 Å². The van der Waals surface area contributed by atoms with E-state index >= 15 is 4.79 Å². The molecule has 6 unspecified atom stereocenters. The van der Waals surface area contributed by atoms with Crippen molar-refractivity contribution in [2.24, 2.45) is 22.9 Å². The van der Waals surface area contributed by atoms with Gasteiger partial charge in [0.2, 0.25) is 5.79 Å². The summed E-state index contributed by atoms with van der Waals surface area (Å²) in [6.07, 6.45) is 22.5. The zero-order valence-corrected chi connectivity index (χ0v) is 42.9. The second-order valence-electron chi connectivity index (χ2n) is 19.3. The summed E-state index contributed by atoms with van der Waals surface area (Å²) in [5, 5.41) is 27.0. The fourth-order valence-corrected chi connectivity index (χ4v) is 11.8. The van der Waals surface area contributed by atoms with Crippen LogP contribution in [-0.2, 0) is 20.9 Å². The van der Waals surface area contributed by atoms with E-state index in [1.807, 2.05) is 47.4 Å². The van der Waals surface area contributed by atoms with E-state index in [9.17, 15) is 10.2 Å². The van der Waals surface area contributed by atoms with Crippen molar-refractivity contribution in [2.45, 2.75) is 145 Å². The van der Waals surface area contributed by atoms with Crippen molar-refractivity contribution in [1.29, 1.82) is 0 Å². The molecule has 3 aliphatic rings. The molecule has 0 aromatic heterocycles. The van der Waals surface area contributed by atoms with Crippen LogP contribution >= 0.6 is 11.8 Å². The molecule has 1 saturated carbocycles. The highest BCUT2D eigenvalue weighted by Crippen LogP contribution is 2.62. The van der Waals surface area contributed by atoms with Gasteiger partial charge in [-0.1, -0.05) is 137 Å². The Hall–Kier alpha value is -4.81. The van der Waals surface area contributed by atoms with Crippen molar-refractivity contribution < 1.29 is 38.8 Å². The number of unbranched alkanes of at least 4 members (excludes halogenated alkanes) is 11. The molecule has 70 heavy (non-hydrogen) atoms. The molecule has 2 aliphatic carbocycles. The third-order valence-corrected chi connectivity index (χ3v) is 15.4. The first-order valence-electron chi connectivity index (χ1n) is 26.2. The Bertz CT molecular complexity index is 2330. The van der Waals surface area contributed by atoms with E-state index in [2.05, 4.69) is 68.3 Å². The van der Waals surface area contributed by atoms with Crippen LogP contribution in [0.2, 0.25) is 0 Å². The molecule has 0 radical (unpaired) electrons. The zero-order chi connectivity index (χ0) is 49.1. The summed E-state index contributed by atoms with van der Waals surface area (Å²) in [5.41, 5.74) is 3.69. The SMILES string of the molecule is C=CCOC12Oc3ccc(Oc4ccc(SC)cc4)cc3C3C(CCCCO)C(CCCCO)C=C(C(=NOC)CC1N(Cc1cccc4ccccc14)C(=O)OCCCCCCCCCCCC)C32. The topological polar surface area (TPSA) is 119 Å². The van der Waals surface area contributed by atoms with E-state index in [1.165, 1.54) is 44.9 Å². The largest absolute Gasteiger partial charge is 0.459 e. The van der Waals surface area contributed by atoms with Gasteiger partial charge in [0.1, 0.15) is 30.4 Å². The minimum absolute atomic E-state index is 0.0711. The smallest absolute Gasteiger partial charge is 0.410 e. The summed E-state index contributed by atoms with van der Waals surface area (Å²) in [7, 11) is 1.58. The van der Waals surface area contributed by atoms with Crippen LogP contribution in [-0.4, -0.2) is 78.5 Å². The number of ether oxygens (including phenoxy) is 4. The number of aliphatic hydroxyl groups is 2. The van der Waals surface area contributed by atoms with Gasteiger partial charge in [-0.05, 0) is 115 Å². The third-order valence-electron chi connectivity index (χ3n) is 14.7. The molecule has 1 fully saturated rings. The number of benzene rings is 4. The van der Waals surface area contributed by atoms with E-state index in [1.54, 1.807) is 24.9 Å². The number of allylic oxidation sites excluding steroid dienone is 1. The normalized spacial score (nSPS) is 21.9. The highest BCUT2D eigenvalue weighted by Gasteiger charge is 2.65. The summed E-state index contributed by atoms with van der Waals surface area (Å²) in [6.45, 7) is 7.30. The van der Waals surface area contributed by atoms with E-state index in [0.717, 1.165) is 88.8 Å². The van der Waals surface area contributed by atoms with Gasteiger partial charge in [0.25, 0.3) is 0 Å². The summed E-state index contributed by atoms with van der Waals surface area (Å²) in [4.78, 5) is 23.9. The van der Waals surface area contributed by atoms with Crippen LogP contribution in [0.1, 0.15) is 133 Å². The van der Waals surface area contributed by atoms with E-state index < -0.39 is 23.8 Å². The third kappa shape index (κ3) is 13.0.